The molecule has 0 bridgehead atoms. The van der Waals surface area contributed by atoms with Gasteiger partial charge in [0.15, 0.2) is 5.65 Å². The third kappa shape index (κ3) is 2.86. The first-order valence-electron chi connectivity index (χ1n) is 8.95. The average molecular weight is 349 g/mol. The van der Waals surface area contributed by atoms with Crippen LogP contribution in [-0.2, 0) is 0 Å². The SMILES string of the molecule is Cc1cc(C(=O)N2CCN(C)CC2)c2c(C)nn(-c3ccccc3)c2n1. The lowest BCUT2D eigenvalue weighted by Crippen LogP contribution is -2.47. The van der Waals surface area contributed by atoms with Gasteiger partial charge in [-0.1, -0.05) is 18.2 Å². The number of aromatic nitrogens is 3. The van der Waals surface area contributed by atoms with E-state index in [4.69, 9.17) is 4.98 Å². The number of rotatable bonds is 2. The number of fused-ring (bicyclic) bond motifs is 1. The predicted octanol–water partition coefficient (Wildman–Crippen LogP) is 2.42. The van der Waals surface area contributed by atoms with E-state index in [9.17, 15) is 4.79 Å². The summed E-state index contributed by atoms with van der Waals surface area (Å²) in [6.45, 7) is 7.19. The molecule has 134 valence electrons. The molecule has 0 atom stereocenters. The van der Waals surface area contributed by atoms with Crippen molar-refractivity contribution >= 4 is 16.9 Å². The van der Waals surface area contributed by atoms with Crippen LogP contribution in [0.2, 0.25) is 0 Å². The molecule has 1 amide bonds. The molecule has 0 unspecified atom stereocenters. The topological polar surface area (TPSA) is 54.3 Å². The Morgan fingerprint density at radius 3 is 2.42 bits per heavy atom. The van der Waals surface area contributed by atoms with Crippen molar-refractivity contribution in [2.75, 3.05) is 33.2 Å². The smallest absolute Gasteiger partial charge is 0.254 e. The molecule has 4 rings (SSSR count). The Balaban J connectivity index is 1.83. The van der Waals surface area contributed by atoms with Crippen LogP contribution in [-0.4, -0.2) is 63.7 Å². The number of pyridine rings is 1. The van der Waals surface area contributed by atoms with Gasteiger partial charge in [0.25, 0.3) is 5.91 Å². The molecular formula is C20H23N5O. The molecule has 26 heavy (non-hydrogen) atoms. The molecule has 0 radical (unpaired) electrons. The van der Waals surface area contributed by atoms with Gasteiger partial charge in [0.05, 0.1) is 22.3 Å². The number of carbonyl (C=O) groups is 1. The van der Waals surface area contributed by atoms with Crippen LogP contribution < -0.4 is 0 Å². The fourth-order valence-electron chi connectivity index (χ4n) is 3.51. The third-order valence-corrected chi connectivity index (χ3v) is 4.96. The lowest BCUT2D eigenvalue weighted by atomic mass is 10.1. The second kappa shape index (κ2) is 6.53. The van der Waals surface area contributed by atoms with Crippen LogP contribution >= 0.6 is 0 Å². The van der Waals surface area contributed by atoms with Crippen molar-refractivity contribution in [1.82, 2.24) is 24.6 Å². The summed E-state index contributed by atoms with van der Waals surface area (Å²) < 4.78 is 1.83. The lowest BCUT2D eigenvalue weighted by Gasteiger charge is -2.32. The molecule has 6 nitrogen and oxygen atoms in total. The van der Waals surface area contributed by atoms with E-state index in [2.05, 4.69) is 17.0 Å². The molecule has 0 aliphatic carbocycles. The minimum atomic E-state index is 0.0734. The predicted molar refractivity (Wildman–Crippen MR) is 102 cm³/mol. The van der Waals surface area contributed by atoms with E-state index in [0.29, 0.717) is 5.56 Å². The number of aryl methyl sites for hydroxylation is 2. The van der Waals surface area contributed by atoms with Gasteiger partial charge in [0, 0.05) is 31.9 Å². The maximum atomic E-state index is 13.2. The Bertz CT molecular complexity index is 955. The van der Waals surface area contributed by atoms with Crippen LogP contribution in [0.5, 0.6) is 0 Å². The van der Waals surface area contributed by atoms with Crippen molar-refractivity contribution in [2.45, 2.75) is 13.8 Å². The number of amides is 1. The van der Waals surface area contributed by atoms with Crippen LogP contribution in [0.4, 0.5) is 0 Å². The minimum Gasteiger partial charge on any atom is -0.336 e. The molecule has 6 heteroatoms. The summed E-state index contributed by atoms with van der Waals surface area (Å²) in [6, 6.07) is 11.8. The molecule has 3 heterocycles. The normalized spacial score (nSPS) is 15.6. The summed E-state index contributed by atoms with van der Waals surface area (Å²) in [7, 11) is 2.09. The standard InChI is InChI=1S/C20H23N5O/c1-14-13-17(20(26)24-11-9-23(3)10-12-24)18-15(2)22-25(19(18)21-14)16-7-5-4-6-8-16/h4-8,13H,9-12H2,1-3H3. The molecule has 1 fully saturated rings. The van der Waals surface area contributed by atoms with Crippen molar-refractivity contribution < 1.29 is 4.79 Å². The Morgan fingerprint density at radius 1 is 1.04 bits per heavy atom. The van der Waals surface area contributed by atoms with Gasteiger partial charge in [0.1, 0.15) is 0 Å². The van der Waals surface area contributed by atoms with Gasteiger partial charge in [-0.3, -0.25) is 4.79 Å². The number of nitrogens with zero attached hydrogens (tertiary/aromatic N) is 5. The van der Waals surface area contributed by atoms with E-state index < -0.39 is 0 Å². The molecule has 1 aliphatic heterocycles. The van der Waals surface area contributed by atoms with Crippen molar-refractivity contribution in [3.05, 3.63) is 53.3 Å². The Kier molecular flexibility index (Phi) is 4.20. The van der Waals surface area contributed by atoms with Crippen LogP contribution in [0.1, 0.15) is 21.7 Å². The lowest BCUT2D eigenvalue weighted by molar-refractivity contribution is 0.0666. The fourth-order valence-corrected chi connectivity index (χ4v) is 3.51. The first-order valence-corrected chi connectivity index (χ1v) is 8.95. The number of piperazine rings is 1. The monoisotopic (exact) mass is 349 g/mol. The highest BCUT2D eigenvalue weighted by Crippen LogP contribution is 2.26. The second-order valence-corrected chi connectivity index (χ2v) is 6.94. The maximum absolute atomic E-state index is 13.2. The highest BCUT2D eigenvalue weighted by Gasteiger charge is 2.25. The fraction of sp³-hybridized carbons (Fsp3) is 0.350. The highest BCUT2D eigenvalue weighted by molar-refractivity contribution is 6.06. The average Bonchev–Trinajstić information content (AvgIpc) is 2.98. The molecule has 1 aliphatic rings. The summed E-state index contributed by atoms with van der Waals surface area (Å²) in [5.74, 6) is 0.0734. The molecule has 0 spiro atoms. The largest absolute Gasteiger partial charge is 0.336 e. The van der Waals surface area contributed by atoms with E-state index >= 15 is 0 Å². The van der Waals surface area contributed by atoms with Gasteiger partial charge in [-0.25, -0.2) is 9.67 Å². The number of benzene rings is 1. The zero-order valence-electron chi connectivity index (χ0n) is 15.4. The van der Waals surface area contributed by atoms with Crippen LogP contribution in [0.25, 0.3) is 16.7 Å². The van der Waals surface area contributed by atoms with Crippen LogP contribution in [0.3, 0.4) is 0 Å². The van der Waals surface area contributed by atoms with Gasteiger partial charge in [-0.15, -0.1) is 0 Å². The van der Waals surface area contributed by atoms with E-state index in [1.165, 1.54) is 0 Å². The Morgan fingerprint density at radius 2 is 1.73 bits per heavy atom. The van der Waals surface area contributed by atoms with Gasteiger partial charge in [0.2, 0.25) is 0 Å². The molecular weight excluding hydrogens is 326 g/mol. The van der Waals surface area contributed by atoms with Crippen molar-refractivity contribution in [3.63, 3.8) is 0 Å². The molecule has 0 saturated carbocycles. The van der Waals surface area contributed by atoms with Gasteiger partial charge >= 0.3 is 0 Å². The number of hydrogen-bond donors (Lipinski definition) is 0. The van der Waals surface area contributed by atoms with Crippen LogP contribution in [0, 0.1) is 13.8 Å². The number of likely N-dealkylation sites (N-methyl/N-ethyl adjacent to an activating group) is 1. The molecule has 2 aromatic heterocycles. The van der Waals surface area contributed by atoms with Gasteiger partial charge < -0.3 is 9.80 Å². The number of carbonyl (C=O) groups excluding carboxylic acids is 1. The number of para-hydroxylation sites is 1. The summed E-state index contributed by atoms with van der Waals surface area (Å²) in [6.07, 6.45) is 0. The van der Waals surface area contributed by atoms with E-state index in [-0.39, 0.29) is 5.91 Å². The quantitative estimate of drug-likeness (QED) is 0.713. The second-order valence-electron chi connectivity index (χ2n) is 6.94. The number of hydrogen-bond acceptors (Lipinski definition) is 4. The highest BCUT2D eigenvalue weighted by atomic mass is 16.2. The first-order chi connectivity index (χ1) is 12.5. The van der Waals surface area contributed by atoms with Gasteiger partial charge in [-0.05, 0) is 39.1 Å². The summed E-state index contributed by atoms with van der Waals surface area (Å²) in [5.41, 5.74) is 4.05. The minimum absolute atomic E-state index is 0.0734. The summed E-state index contributed by atoms with van der Waals surface area (Å²) >= 11 is 0. The first kappa shape index (κ1) is 16.7. The Labute approximate surface area is 153 Å². The molecule has 0 N–H and O–H groups in total. The Hall–Kier alpha value is -2.73. The van der Waals surface area contributed by atoms with E-state index in [1.54, 1.807) is 0 Å². The van der Waals surface area contributed by atoms with Crippen molar-refractivity contribution in [3.8, 4) is 5.69 Å². The van der Waals surface area contributed by atoms with Crippen molar-refractivity contribution in [1.29, 1.82) is 0 Å². The van der Waals surface area contributed by atoms with Crippen molar-refractivity contribution in [2.24, 2.45) is 0 Å². The third-order valence-electron chi connectivity index (χ3n) is 4.96. The zero-order chi connectivity index (χ0) is 18.3. The summed E-state index contributed by atoms with van der Waals surface area (Å²) in [4.78, 5) is 22.1. The summed E-state index contributed by atoms with van der Waals surface area (Å²) in [5, 5.41) is 5.53. The van der Waals surface area contributed by atoms with E-state index in [0.717, 1.165) is 54.3 Å². The van der Waals surface area contributed by atoms with Gasteiger partial charge in [-0.2, -0.15) is 5.10 Å². The van der Waals surface area contributed by atoms with E-state index in [1.807, 2.05) is 59.8 Å². The molecule has 1 saturated heterocycles. The molecule has 1 aromatic carbocycles. The maximum Gasteiger partial charge on any atom is 0.254 e. The van der Waals surface area contributed by atoms with Crippen LogP contribution in [0.15, 0.2) is 36.4 Å². The molecule has 3 aromatic rings. The zero-order valence-corrected chi connectivity index (χ0v) is 15.4.